The first kappa shape index (κ1) is 59.7. The average molecular weight is 1240 g/mol. The highest BCUT2D eigenvalue weighted by atomic mass is 35.5. The maximum atomic E-state index is 12.7. The summed E-state index contributed by atoms with van der Waals surface area (Å²) in [6, 6.07) is 23.0. The summed E-state index contributed by atoms with van der Waals surface area (Å²) in [5.74, 6) is 1.90. The molecule has 0 saturated heterocycles. The zero-order chi connectivity index (χ0) is 60.2. The standard InChI is InChI=1S/C23H25ClN4O2S.C20H20ClN5O2S.C18H17ClN4S/c1-13-11-25-22-27(12-18(29)30-23(4,5)6)26-20(16-7-9-17(24)10-8-16)19-14(2)15(3)31-21(19)28(13)22;1-5-28-16(27)10-25-20-23-22-13(4)26(20)19-17(11(2)12(3)29-19)18(24-25)14-6-8-15(21)9-7-14;1-10-9-20-18-22(4)21-16(13-5-7-14(19)8-6-13)15-11(2)12(3)24-17(15)23(10)18/h7-11H,12H2,1-6H3;6-9H,5,10H2,1-4H3;5-9H,1-4H3. The summed E-state index contributed by atoms with van der Waals surface area (Å²) in [5.41, 5.74) is 13.6. The molecule has 9 heterocycles. The normalized spacial score (nSPS) is 13.2. The number of ether oxygens (including phenoxy) is 2. The van der Waals surface area contributed by atoms with E-state index in [2.05, 4.69) is 77.8 Å². The van der Waals surface area contributed by atoms with Crippen LogP contribution in [0.15, 0.2) is 100 Å². The summed E-state index contributed by atoms with van der Waals surface area (Å²) >= 11 is 23.4. The van der Waals surface area contributed by atoms with E-state index in [1.807, 2.05) is 130 Å². The molecule has 0 bridgehead atoms. The molecule has 0 unspecified atom stereocenters. The number of halogens is 3. The van der Waals surface area contributed by atoms with E-state index in [1.54, 1.807) is 57.1 Å². The van der Waals surface area contributed by atoms with Gasteiger partial charge in [0.1, 0.15) is 56.7 Å². The van der Waals surface area contributed by atoms with Gasteiger partial charge in [-0.15, -0.1) is 44.2 Å². The monoisotopic (exact) mass is 1240 g/mol. The average Bonchev–Trinajstić information content (AvgIpc) is 2.89. The van der Waals surface area contributed by atoms with Crippen molar-refractivity contribution in [1.82, 2.24) is 33.9 Å². The largest absolute Gasteiger partial charge is 0.465 e. The molecular formula is C61H62Cl3N13O4S3. The van der Waals surface area contributed by atoms with Crippen LogP contribution in [0.2, 0.25) is 15.1 Å². The van der Waals surface area contributed by atoms with Gasteiger partial charge in [-0.3, -0.25) is 23.3 Å². The van der Waals surface area contributed by atoms with Crippen molar-refractivity contribution in [3.05, 3.63) is 182 Å². The van der Waals surface area contributed by atoms with Crippen molar-refractivity contribution in [1.29, 1.82) is 0 Å². The number of carbonyl (C=O) groups excluding carboxylic acids is 2. The van der Waals surface area contributed by atoms with Gasteiger partial charge in [0.25, 0.3) is 5.95 Å². The second kappa shape index (κ2) is 23.9. The Morgan fingerprint density at radius 2 is 0.893 bits per heavy atom. The number of esters is 2. The number of carbonyl (C=O) groups is 2. The van der Waals surface area contributed by atoms with Crippen LogP contribution in [-0.2, 0) is 19.1 Å². The predicted octanol–water partition coefficient (Wildman–Crippen LogP) is 14.2. The van der Waals surface area contributed by atoms with Gasteiger partial charge in [0.05, 0.1) is 19.0 Å². The number of nitrogens with zero attached hydrogens (tertiary/aromatic N) is 13. The second-order valence-electron chi connectivity index (χ2n) is 21.2. The Balaban J connectivity index is 0.000000141. The number of fused-ring (bicyclic) bond motifs is 9. The number of hydrazone groups is 3. The molecule has 3 aliphatic heterocycles. The van der Waals surface area contributed by atoms with Crippen molar-refractivity contribution in [3.8, 4) is 15.0 Å². The van der Waals surface area contributed by atoms with Crippen LogP contribution in [0.3, 0.4) is 0 Å². The highest BCUT2D eigenvalue weighted by Crippen LogP contribution is 2.42. The van der Waals surface area contributed by atoms with E-state index in [0.717, 1.165) is 94.3 Å². The van der Waals surface area contributed by atoms with Crippen LogP contribution in [0.25, 0.3) is 15.0 Å². The summed E-state index contributed by atoms with van der Waals surface area (Å²) in [7, 11) is 1.94. The van der Waals surface area contributed by atoms with Crippen molar-refractivity contribution in [2.45, 2.75) is 95.6 Å². The first-order valence-electron chi connectivity index (χ1n) is 27.0. The zero-order valence-corrected chi connectivity index (χ0v) is 53.7. The molecule has 6 aromatic heterocycles. The van der Waals surface area contributed by atoms with Crippen LogP contribution in [0.4, 0.5) is 17.8 Å². The molecule has 3 aliphatic rings. The molecule has 0 atom stereocenters. The Bertz CT molecular complexity index is 4100. The summed E-state index contributed by atoms with van der Waals surface area (Å²) in [6.45, 7) is 26.2. The summed E-state index contributed by atoms with van der Waals surface area (Å²) in [5, 5.41) is 33.5. The predicted molar refractivity (Wildman–Crippen MR) is 342 cm³/mol. The van der Waals surface area contributed by atoms with E-state index in [1.165, 1.54) is 30.8 Å². The second-order valence-corrected chi connectivity index (χ2v) is 26.2. The van der Waals surface area contributed by atoms with Crippen molar-refractivity contribution >= 4 is 116 Å². The van der Waals surface area contributed by atoms with Gasteiger partial charge in [-0.05, 0) is 143 Å². The molecule has 9 aromatic rings. The molecule has 434 valence electrons. The van der Waals surface area contributed by atoms with Gasteiger partial charge < -0.3 is 9.47 Å². The molecule has 0 fully saturated rings. The van der Waals surface area contributed by atoms with E-state index in [4.69, 9.17) is 59.6 Å². The Labute approximate surface area is 515 Å². The highest BCUT2D eigenvalue weighted by molar-refractivity contribution is 7.16. The number of benzene rings is 3. The molecule has 3 aromatic carbocycles. The Morgan fingerprint density at radius 3 is 1.32 bits per heavy atom. The van der Waals surface area contributed by atoms with E-state index in [0.29, 0.717) is 28.5 Å². The molecule has 0 saturated carbocycles. The van der Waals surface area contributed by atoms with Crippen LogP contribution in [0.5, 0.6) is 0 Å². The maximum absolute atomic E-state index is 12.7. The highest BCUT2D eigenvalue weighted by Gasteiger charge is 2.34. The number of aryl methyl sites for hydroxylation is 6. The summed E-state index contributed by atoms with van der Waals surface area (Å²) in [6.07, 6.45) is 3.69. The number of anilines is 3. The fourth-order valence-electron chi connectivity index (χ4n) is 9.80. The van der Waals surface area contributed by atoms with Crippen molar-refractivity contribution in [2.75, 3.05) is 41.8 Å². The number of rotatable bonds is 8. The lowest BCUT2D eigenvalue weighted by molar-refractivity contribution is -0.153. The van der Waals surface area contributed by atoms with Gasteiger partial charge in [0.2, 0.25) is 11.9 Å². The van der Waals surface area contributed by atoms with E-state index in [-0.39, 0.29) is 25.0 Å². The minimum Gasteiger partial charge on any atom is -0.465 e. The topological polar surface area (TPSA) is 166 Å². The lowest BCUT2D eigenvalue weighted by Gasteiger charge is -2.23. The van der Waals surface area contributed by atoms with E-state index < -0.39 is 5.60 Å². The number of hydrogen-bond acceptors (Lipinski definition) is 17. The smallest absolute Gasteiger partial charge is 0.328 e. The van der Waals surface area contributed by atoms with Crippen LogP contribution in [0, 0.1) is 62.3 Å². The first-order chi connectivity index (χ1) is 39.9. The van der Waals surface area contributed by atoms with Crippen LogP contribution < -0.4 is 15.0 Å². The Kier molecular flexibility index (Phi) is 17.0. The Hall–Kier alpha value is -7.46. The molecule has 0 radical (unpaired) electrons. The minimum atomic E-state index is -0.580. The molecule has 17 nitrogen and oxygen atoms in total. The molecular weight excluding hydrogens is 1180 g/mol. The summed E-state index contributed by atoms with van der Waals surface area (Å²) < 4.78 is 16.9. The lowest BCUT2D eigenvalue weighted by Crippen LogP contribution is -2.33. The van der Waals surface area contributed by atoms with E-state index in [9.17, 15) is 9.59 Å². The SMILES string of the molecule is CCOC(=O)CN1N=C(c2ccc(Cl)cc2)c2c(sc(C)c2C)-n2c(C)nnc21.Cc1sc2c(c1C)C(c1ccc(Cl)cc1)=NN(C)c1ncc(C)n1-2.Cc1sc2c(c1C)C(c1ccc(Cl)cc1)=NN(CC(=O)OC(C)(C)C)c1ncc(C)n1-2. The Morgan fingerprint density at radius 1 is 0.512 bits per heavy atom. The van der Waals surface area contributed by atoms with Gasteiger partial charge >= 0.3 is 11.9 Å². The van der Waals surface area contributed by atoms with Gasteiger partial charge in [0.15, 0.2) is 0 Å². The van der Waals surface area contributed by atoms with Gasteiger partial charge in [-0.25, -0.2) is 25.0 Å². The fraction of sp³-hybridized carbons (Fsp3) is 0.295. The molecule has 0 spiro atoms. The van der Waals surface area contributed by atoms with Gasteiger partial charge in [0, 0.05) is 81.5 Å². The number of imidazole rings is 2. The van der Waals surface area contributed by atoms with Crippen LogP contribution in [-0.4, -0.2) is 95.3 Å². The zero-order valence-electron chi connectivity index (χ0n) is 49.0. The maximum Gasteiger partial charge on any atom is 0.328 e. The van der Waals surface area contributed by atoms with Crippen molar-refractivity contribution < 1.29 is 19.1 Å². The number of hydrogen-bond donors (Lipinski definition) is 0. The third kappa shape index (κ3) is 11.7. The molecule has 0 aliphatic carbocycles. The number of thiophene rings is 3. The quantitative estimate of drug-likeness (QED) is 0.133. The fourth-order valence-corrected chi connectivity index (χ4v) is 13.8. The van der Waals surface area contributed by atoms with Crippen molar-refractivity contribution in [2.24, 2.45) is 15.3 Å². The minimum absolute atomic E-state index is 0.0439. The van der Waals surface area contributed by atoms with Crippen molar-refractivity contribution in [3.63, 3.8) is 0 Å². The molecule has 0 amide bonds. The first-order valence-corrected chi connectivity index (χ1v) is 30.5. The molecule has 84 heavy (non-hydrogen) atoms. The third-order valence-corrected chi connectivity index (χ3v) is 18.5. The van der Waals surface area contributed by atoms with Crippen LogP contribution in [0.1, 0.15) is 110 Å². The number of aromatic nitrogens is 7. The van der Waals surface area contributed by atoms with Crippen LogP contribution >= 0.6 is 68.8 Å². The molecule has 12 rings (SSSR count). The van der Waals surface area contributed by atoms with Gasteiger partial charge in [-0.2, -0.15) is 15.3 Å². The lowest BCUT2D eigenvalue weighted by atomic mass is 10.00. The molecule has 23 heteroatoms. The van der Waals surface area contributed by atoms with Gasteiger partial charge in [-0.1, -0.05) is 71.2 Å². The molecule has 0 N–H and O–H groups in total. The summed E-state index contributed by atoms with van der Waals surface area (Å²) in [4.78, 5) is 37.8. The third-order valence-electron chi connectivity index (χ3n) is 14.1. The van der Waals surface area contributed by atoms with E-state index >= 15 is 0 Å².